The molecule has 0 bridgehead atoms. The Morgan fingerprint density at radius 1 is 0.952 bits per heavy atom. The first-order valence-electron chi connectivity index (χ1n) is 5.60. The number of aldehydes is 1. The third kappa shape index (κ3) is 3.56. The quantitative estimate of drug-likeness (QED) is 0.622. The van der Waals surface area contributed by atoms with Crippen molar-refractivity contribution in [2.75, 3.05) is 0 Å². The van der Waals surface area contributed by atoms with Crippen LogP contribution in [0.25, 0.3) is 11.1 Å². The van der Waals surface area contributed by atoms with Crippen LogP contribution in [-0.2, 0) is 0 Å². The van der Waals surface area contributed by atoms with Crippen molar-refractivity contribution < 1.29 is 31.5 Å². The summed E-state index contributed by atoms with van der Waals surface area (Å²) in [6.07, 6.45) is -4.49. The fraction of sp³-hybridized carbons (Fsp3) is 0.0714. The second kappa shape index (κ2) is 5.51. The molecule has 2 nitrogen and oxygen atoms in total. The average Bonchev–Trinajstić information content (AvgIpc) is 2.40. The minimum atomic E-state index is -4.82. The Balaban J connectivity index is 2.39. The van der Waals surface area contributed by atoms with E-state index in [9.17, 15) is 26.7 Å². The summed E-state index contributed by atoms with van der Waals surface area (Å²) in [4.78, 5) is 10.9. The molecule has 0 aromatic heterocycles. The standard InChI is InChI=1S/C14H7F5O2/c15-12-5-9(7-20)11(6-13(12)16)8-1-3-10(4-2-8)21-14(17,18)19/h1-7H. The van der Waals surface area contributed by atoms with Crippen molar-refractivity contribution in [3.8, 4) is 16.9 Å². The lowest BCUT2D eigenvalue weighted by molar-refractivity contribution is -0.274. The maximum absolute atomic E-state index is 13.2. The molecule has 0 heterocycles. The highest BCUT2D eigenvalue weighted by Gasteiger charge is 2.31. The van der Waals surface area contributed by atoms with E-state index in [4.69, 9.17) is 0 Å². The highest BCUT2D eigenvalue weighted by molar-refractivity contribution is 5.87. The van der Waals surface area contributed by atoms with E-state index in [1.165, 1.54) is 12.1 Å². The van der Waals surface area contributed by atoms with Gasteiger partial charge in [0.05, 0.1) is 0 Å². The molecule has 0 saturated carbocycles. The predicted octanol–water partition coefficient (Wildman–Crippen LogP) is 4.34. The molecule has 0 spiro atoms. The number of halogens is 5. The van der Waals surface area contributed by atoms with Crippen LogP contribution in [0, 0.1) is 11.6 Å². The second-order valence-corrected chi connectivity index (χ2v) is 4.04. The number of ether oxygens (including phenoxy) is 1. The van der Waals surface area contributed by atoms with Crippen LogP contribution in [0.3, 0.4) is 0 Å². The fourth-order valence-corrected chi connectivity index (χ4v) is 1.75. The molecule has 2 rings (SSSR count). The summed E-state index contributed by atoms with van der Waals surface area (Å²) in [6.45, 7) is 0. The first-order valence-corrected chi connectivity index (χ1v) is 5.60. The molecule has 0 atom stereocenters. The van der Waals surface area contributed by atoms with Gasteiger partial charge in [-0.15, -0.1) is 13.2 Å². The summed E-state index contributed by atoms with van der Waals surface area (Å²) < 4.78 is 66.0. The van der Waals surface area contributed by atoms with Gasteiger partial charge in [0.2, 0.25) is 0 Å². The molecule has 110 valence electrons. The van der Waals surface area contributed by atoms with Gasteiger partial charge in [0.25, 0.3) is 0 Å². The second-order valence-electron chi connectivity index (χ2n) is 4.04. The monoisotopic (exact) mass is 302 g/mol. The molecule has 0 fully saturated rings. The molecular weight excluding hydrogens is 295 g/mol. The van der Waals surface area contributed by atoms with Crippen LogP contribution in [0.4, 0.5) is 22.0 Å². The molecule has 2 aromatic rings. The van der Waals surface area contributed by atoms with E-state index in [-0.39, 0.29) is 16.7 Å². The Labute approximate surface area is 115 Å². The number of hydrogen-bond donors (Lipinski definition) is 0. The summed E-state index contributed by atoms with van der Waals surface area (Å²) in [5, 5.41) is 0. The summed E-state index contributed by atoms with van der Waals surface area (Å²) >= 11 is 0. The number of carbonyl (C=O) groups excluding carboxylic acids is 1. The normalized spacial score (nSPS) is 11.3. The van der Waals surface area contributed by atoms with Crippen molar-refractivity contribution in [3.05, 3.63) is 53.6 Å². The maximum Gasteiger partial charge on any atom is 0.573 e. The van der Waals surface area contributed by atoms with Crippen LogP contribution in [-0.4, -0.2) is 12.6 Å². The highest BCUT2D eigenvalue weighted by Crippen LogP contribution is 2.29. The van der Waals surface area contributed by atoms with Gasteiger partial charge in [0.1, 0.15) is 5.75 Å². The van der Waals surface area contributed by atoms with Crippen LogP contribution in [0.1, 0.15) is 10.4 Å². The van der Waals surface area contributed by atoms with Gasteiger partial charge < -0.3 is 4.74 Å². The fourth-order valence-electron chi connectivity index (χ4n) is 1.75. The maximum atomic E-state index is 13.2. The zero-order valence-corrected chi connectivity index (χ0v) is 10.2. The smallest absolute Gasteiger partial charge is 0.406 e. The molecular formula is C14H7F5O2. The molecule has 0 radical (unpaired) electrons. The summed E-state index contributed by atoms with van der Waals surface area (Å²) in [5.74, 6) is -2.80. The molecule has 0 unspecified atom stereocenters. The van der Waals surface area contributed by atoms with E-state index in [1.54, 1.807) is 0 Å². The summed E-state index contributed by atoms with van der Waals surface area (Å²) in [7, 11) is 0. The van der Waals surface area contributed by atoms with E-state index < -0.39 is 23.7 Å². The Hall–Kier alpha value is -2.44. The Kier molecular flexibility index (Phi) is 3.93. The van der Waals surface area contributed by atoms with Crippen LogP contribution >= 0.6 is 0 Å². The van der Waals surface area contributed by atoms with Crippen molar-refractivity contribution >= 4 is 6.29 Å². The largest absolute Gasteiger partial charge is 0.573 e. The van der Waals surface area contributed by atoms with Crippen molar-refractivity contribution in [2.45, 2.75) is 6.36 Å². The number of carbonyl (C=O) groups is 1. The lowest BCUT2D eigenvalue weighted by atomic mass is 10.00. The lowest BCUT2D eigenvalue weighted by Crippen LogP contribution is -2.16. The first kappa shape index (κ1) is 15.0. The van der Waals surface area contributed by atoms with Gasteiger partial charge in [-0.05, 0) is 35.4 Å². The Morgan fingerprint density at radius 2 is 1.52 bits per heavy atom. The van der Waals surface area contributed by atoms with E-state index >= 15 is 0 Å². The van der Waals surface area contributed by atoms with Gasteiger partial charge >= 0.3 is 6.36 Å². The third-order valence-electron chi connectivity index (χ3n) is 2.62. The molecule has 0 aliphatic rings. The highest BCUT2D eigenvalue weighted by atomic mass is 19.4. The molecule has 2 aromatic carbocycles. The molecule has 0 amide bonds. The van der Waals surface area contributed by atoms with Gasteiger partial charge in [-0.25, -0.2) is 8.78 Å². The molecule has 0 aliphatic carbocycles. The van der Waals surface area contributed by atoms with Crippen LogP contribution in [0.5, 0.6) is 5.75 Å². The summed E-state index contributed by atoms with van der Waals surface area (Å²) in [6, 6.07) is 5.97. The van der Waals surface area contributed by atoms with Crippen molar-refractivity contribution in [1.82, 2.24) is 0 Å². The number of hydrogen-bond acceptors (Lipinski definition) is 2. The third-order valence-corrected chi connectivity index (χ3v) is 2.62. The predicted molar refractivity (Wildman–Crippen MR) is 63.9 cm³/mol. The van der Waals surface area contributed by atoms with Gasteiger partial charge in [0.15, 0.2) is 17.9 Å². The first-order chi connectivity index (χ1) is 9.80. The number of rotatable bonds is 3. The molecule has 0 aliphatic heterocycles. The van der Waals surface area contributed by atoms with Crippen LogP contribution < -0.4 is 4.74 Å². The molecule has 7 heteroatoms. The zero-order chi connectivity index (χ0) is 15.6. The van der Waals surface area contributed by atoms with Gasteiger partial charge in [-0.1, -0.05) is 12.1 Å². The minimum absolute atomic E-state index is 0.0717. The van der Waals surface area contributed by atoms with E-state index in [0.29, 0.717) is 6.29 Å². The minimum Gasteiger partial charge on any atom is -0.406 e. The average molecular weight is 302 g/mol. The SMILES string of the molecule is O=Cc1cc(F)c(F)cc1-c1ccc(OC(F)(F)F)cc1. The van der Waals surface area contributed by atoms with Crippen LogP contribution in [0.2, 0.25) is 0 Å². The van der Waals surface area contributed by atoms with Crippen molar-refractivity contribution in [3.63, 3.8) is 0 Å². The molecule has 0 N–H and O–H groups in total. The topological polar surface area (TPSA) is 26.3 Å². The van der Waals surface area contributed by atoms with Gasteiger partial charge in [-0.2, -0.15) is 0 Å². The van der Waals surface area contributed by atoms with Crippen LogP contribution in [0.15, 0.2) is 36.4 Å². The van der Waals surface area contributed by atoms with Gasteiger partial charge in [-0.3, -0.25) is 4.79 Å². The number of alkyl halides is 3. The Bertz CT molecular complexity index is 662. The van der Waals surface area contributed by atoms with Gasteiger partial charge in [0, 0.05) is 5.56 Å². The van der Waals surface area contributed by atoms with E-state index in [0.717, 1.165) is 24.3 Å². The molecule has 0 saturated heterocycles. The molecule has 21 heavy (non-hydrogen) atoms. The lowest BCUT2D eigenvalue weighted by Gasteiger charge is -2.10. The van der Waals surface area contributed by atoms with E-state index in [1.807, 2.05) is 0 Å². The van der Waals surface area contributed by atoms with Crippen molar-refractivity contribution in [1.29, 1.82) is 0 Å². The van der Waals surface area contributed by atoms with E-state index in [2.05, 4.69) is 4.74 Å². The summed E-state index contributed by atoms with van der Waals surface area (Å²) in [5.41, 5.74) is 0.214. The number of benzene rings is 2. The van der Waals surface area contributed by atoms with Crippen molar-refractivity contribution in [2.24, 2.45) is 0 Å². The Morgan fingerprint density at radius 3 is 2.05 bits per heavy atom. The zero-order valence-electron chi connectivity index (χ0n) is 10.2.